The molecule has 54 heavy (non-hydrogen) atoms. The van der Waals surface area contributed by atoms with Gasteiger partial charge in [0.05, 0.1) is 0 Å². The Morgan fingerprint density at radius 3 is 1.44 bits per heavy atom. The maximum atomic E-state index is 6.48. The van der Waals surface area contributed by atoms with Crippen LogP contribution in [0.3, 0.4) is 0 Å². The molecule has 9 rings (SSSR count). The van der Waals surface area contributed by atoms with Crippen LogP contribution in [0.2, 0.25) is 0 Å². The standard InChI is InChI=1S/C45H24B5N3O/c46-38-36(39(47)41(49)42(50)40(38)48)28-18-20-30(21-19-28)44-51-43(29-10-5-2-6-11-29)52-45(53-44)31-22-23-33-35(24-31)54-34-13-7-12-32(37(33)34)27-16-14-26(15-17-27)25-8-3-1-4-9-25/h1-24H. The summed E-state index contributed by atoms with van der Waals surface area (Å²) in [5.74, 6) is 1.54. The summed E-state index contributed by atoms with van der Waals surface area (Å²) < 4.78 is 6.48. The molecule has 0 N–H and O–H groups in total. The maximum absolute atomic E-state index is 6.48. The molecular formula is C45H24B5N3O. The Labute approximate surface area is 319 Å². The minimum absolute atomic E-state index is 0.173. The molecular weight excluding hydrogens is 653 g/mol. The molecule has 0 fully saturated rings. The van der Waals surface area contributed by atoms with Crippen molar-refractivity contribution in [2.24, 2.45) is 0 Å². The zero-order valence-corrected chi connectivity index (χ0v) is 29.0. The van der Waals surface area contributed by atoms with Gasteiger partial charge in [0.25, 0.3) is 0 Å². The zero-order chi connectivity index (χ0) is 36.9. The lowest BCUT2D eigenvalue weighted by Gasteiger charge is -2.21. The van der Waals surface area contributed by atoms with Gasteiger partial charge in [0.2, 0.25) is 0 Å². The smallest absolute Gasteiger partial charge is 0.164 e. The van der Waals surface area contributed by atoms with Crippen molar-refractivity contribution in [3.8, 4) is 67.5 Å². The van der Waals surface area contributed by atoms with E-state index < -0.39 is 0 Å². The van der Waals surface area contributed by atoms with Crippen LogP contribution in [0.15, 0.2) is 150 Å². The van der Waals surface area contributed by atoms with Crippen molar-refractivity contribution in [2.75, 3.05) is 0 Å². The Balaban J connectivity index is 1.12. The minimum Gasteiger partial charge on any atom is -0.456 e. The number of benzene rings is 7. The highest BCUT2D eigenvalue weighted by atomic mass is 16.3. The number of fused-ring (bicyclic) bond motifs is 3. The molecule has 10 radical (unpaired) electrons. The third kappa shape index (κ3) is 5.86. The highest BCUT2D eigenvalue weighted by Gasteiger charge is 2.18. The van der Waals surface area contributed by atoms with Gasteiger partial charge in [-0.2, -0.15) is 0 Å². The number of rotatable bonds is 6. The Morgan fingerprint density at radius 2 is 0.815 bits per heavy atom. The molecule has 0 saturated heterocycles. The van der Waals surface area contributed by atoms with Crippen LogP contribution in [0.25, 0.3) is 89.5 Å². The van der Waals surface area contributed by atoms with Gasteiger partial charge in [0.15, 0.2) is 17.5 Å². The first-order chi connectivity index (χ1) is 26.3. The first kappa shape index (κ1) is 33.5. The maximum Gasteiger partial charge on any atom is 0.164 e. The third-order valence-corrected chi connectivity index (χ3v) is 9.86. The normalized spacial score (nSPS) is 11.3. The molecule has 0 saturated carbocycles. The van der Waals surface area contributed by atoms with Crippen LogP contribution in [-0.4, -0.2) is 54.2 Å². The van der Waals surface area contributed by atoms with Crippen LogP contribution in [0.5, 0.6) is 0 Å². The highest BCUT2D eigenvalue weighted by Crippen LogP contribution is 2.39. The first-order valence-corrected chi connectivity index (χ1v) is 17.4. The molecule has 4 nitrogen and oxygen atoms in total. The summed E-state index contributed by atoms with van der Waals surface area (Å²) >= 11 is 0. The molecule has 0 aliphatic heterocycles. The van der Waals surface area contributed by atoms with Gasteiger partial charge in [-0.3, -0.25) is 0 Å². The second-order valence-electron chi connectivity index (χ2n) is 13.1. The van der Waals surface area contributed by atoms with Crippen LogP contribution in [-0.2, 0) is 0 Å². The van der Waals surface area contributed by atoms with E-state index in [4.69, 9.17) is 58.6 Å². The lowest BCUT2D eigenvalue weighted by atomic mass is 9.59. The van der Waals surface area contributed by atoms with Crippen LogP contribution < -0.4 is 27.3 Å². The van der Waals surface area contributed by atoms with Crippen molar-refractivity contribution < 1.29 is 4.42 Å². The predicted octanol–water partition coefficient (Wildman–Crippen LogP) is 5.74. The number of hydrogen-bond acceptors (Lipinski definition) is 4. The molecule has 240 valence electrons. The van der Waals surface area contributed by atoms with E-state index in [2.05, 4.69) is 60.7 Å². The van der Waals surface area contributed by atoms with Gasteiger partial charge in [-0.05, 0) is 51.6 Å². The highest BCUT2D eigenvalue weighted by molar-refractivity contribution is 6.68. The fourth-order valence-electron chi connectivity index (χ4n) is 6.98. The molecule has 0 aliphatic rings. The number of furan rings is 1. The Morgan fingerprint density at radius 1 is 0.352 bits per heavy atom. The zero-order valence-electron chi connectivity index (χ0n) is 29.0. The molecule has 0 spiro atoms. The lowest BCUT2D eigenvalue weighted by Crippen LogP contribution is -2.55. The van der Waals surface area contributed by atoms with Gasteiger partial charge in [-0.1, -0.05) is 138 Å². The molecule has 0 atom stereocenters. The van der Waals surface area contributed by atoms with Crippen LogP contribution in [0, 0.1) is 0 Å². The fraction of sp³-hybridized carbons (Fsp3) is 0. The molecule has 7 aromatic carbocycles. The molecule has 2 aromatic heterocycles. The fourth-order valence-corrected chi connectivity index (χ4v) is 6.98. The summed E-state index contributed by atoms with van der Waals surface area (Å²) in [6, 6.07) is 48.7. The van der Waals surface area contributed by atoms with Gasteiger partial charge in [0.1, 0.15) is 50.4 Å². The second kappa shape index (κ2) is 13.6. The summed E-state index contributed by atoms with van der Waals surface area (Å²) in [6.07, 6.45) is 0. The number of hydrogen-bond donors (Lipinski definition) is 0. The van der Waals surface area contributed by atoms with Crippen molar-refractivity contribution in [3.05, 3.63) is 146 Å². The average molecular weight is 677 g/mol. The Bertz CT molecular complexity index is 2830. The molecule has 9 aromatic rings. The minimum atomic E-state index is 0.173. The summed E-state index contributed by atoms with van der Waals surface area (Å²) in [7, 11) is 31.0. The molecule has 0 bridgehead atoms. The van der Waals surface area contributed by atoms with E-state index in [9.17, 15) is 0 Å². The third-order valence-electron chi connectivity index (χ3n) is 9.86. The average Bonchev–Trinajstić information content (AvgIpc) is 3.61. The van der Waals surface area contributed by atoms with Gasteiger partial charge >= 0.3 is 0 Å². The molecule has 2 heterocycles. The van der Waals surface area contributed by atoms with Gasteiger partial charge in [-0.25, -0.2) is 15.0 Å². The molecule has 0 unspecified atom stereocenters. The summed E-state index contributed by atoms with van der Waals surface area (Å²) in [5.41, 5.74) is 10.9. The van der Waals surface area contributed by atoms with Crippen LogP contribution in [0.1, 0.15) is 0 Å². The van der Waals surface area contributed by atoms with Crippen molar-refractivity contribution in [1.82, 2.24) is 15.0 Å². The lowest BCUT2D eigenvalue weighted by molar-refractivity contribution is 0.669. The first-order valence-electron chi connectivity index (χ1n) is 17.4. The monoisotopic (exact) mass is 677 g/mol. The largest absolute Gasteiger partial charge is 0.456 e. The van der Waals surface area contributed by atoms with E-state index in [0.29, 0.717) is 23.0 Å². The quantitative estimate of drug-likeness (QED) is 0.211. The van der Waals surface area contributed by atoms with E-state index in [1.165, 1.54) is 11.1 Å². The van der Waals surface area contributed by atoms with E-state index in [1.807, 2.05) is 84.9 Å². The Hall–Kier alpha value is -6.33. The van der Waals surface area contributed by atoms with E-state index >= 15 is 0 Å². The second-order valence-corrected chi connectivity index (χ2v) is 13.1. The Kier molecular flexibility index (Phi) is 8.43. The molecule has 0 amide bonds. The number of aromatic nitrogens is 3. The van der Waals surface area contributed by atoms with Crippen molar-refractivity contribution in [2.45, 2.75) is 0 Å². The summed E-state index contributed by atoms with van der Waals surface area (Å²) in [4.78, 5) is 14.8. The molecule has 9 heteroatoms. The van der Waals surface area contributed by atoms with Gasteiger partial charge in [-0.15, -0.1) is 16.4 Å². The van der Waals surface area contributed by atoms with Crippen molar-refractivity contribution in [1.29, 1.82) is 0 Å². The van der Waals surface area contributed by atoms with Gasteiger partial charge < -0.3 is 4.42 Å². The van der Waals surface area contributed by atoms with E-state index in [-0.39, 0.29) is 27.3 Å². The van der Waals surface area contributed by atoms with Crippen LogP contribution in [0.4, 0.5) is 0 Å². The van der Waals surface area contributed by atoms with Crippen molar-refractivity contribution >= 4 is 88.5 Å². The summed E-state index contributed by atoms with van der Waals surface area (Å²) in [6.45, 7) is 0. The molecule has 0 aliphatic carbocycles. The van der Waals surface area contributed by atoms with E-state index in [0.717, 1.165) is 55.3 Å². The van der Waals surface area contributed by atoms with Crippen molar-refractivity contribution in [3.63, 3.8) is 0 Å². The predicted molar refractivity (Wildman–Crippen MR) is 227 cm³/mol. The van der Waals surface area contributed by atoms with Gasteiger partial charge in [0, 0.05) is 27.5 Å². The topological polar surface area (TPSA) is 51.8 Å². The van der Waals surface area contributed by atoms with Crippen LogP contribution >= 0.6 is 0 Å². The SMILES string of the molecule is [B]c1c([B])c([B])c(-c2ccc(-c3nc(-c4ccccc4)nc(-c4ccc5c(c4)oc4cccc(-c6ccc(-c7ccccc7)cc6)c45)n3)cc2)c([B])c1[B]. The number of nitrogens with zero attached hydrogens (tertiary/aromatic N) is 3. The summed E-state index contributed by atoms with van der Waals surface area (Å²) in [5, 5.41) is 2.06. The van der Waals surface area contributed by atoms with E-state index in [1.54, 1.807) is 0 Å².